The molecule has 1 aromatic rings. The van der Waals surface area contributed by atoms with E-state index in [9.17, 15) is 10.1 Å². The van der Waals surface area contributed by atoms with Crippen LogP contribution in [0.4, 0.5) is 5.00 Å². The molecule has 1 heterocycles. The van der Waals surface area contributed by atoms with Gasteiger partial charge in [0, 0.05) is 4.75 Å². The molecule has 4 nitrogen and oxygen atoms in total. The van der Waals surface area contributed by atoms with Crippen molar-refractivity contribution in [2.24, 2.45) is 0 Å². The summed E-state index contributed by atoms with van der Waals surface area (Å²) < 4.78 is 0.615. The van der Waals surface area contributed by atoms with Crippen molar-refractivity contribution in [2.75, 3.05) is 0 Å². The number of thioether (sulfide) groups is 1. The van der Waals surface area contributed by atoms with E-state index in [-0.39, 0.29) is 14.9 Å². The van der Waals surface area contributed by atoms with Gasteiger partial charge in [0.05, 0.1) is 4.92 Å². The molecule has 0 atom stereocenters. The van der Waals surface area contributed by atoms with Crippen molar-refractivity contribution in [1.82, 2.24) is 4.98 Å². The molecule has 0 aromatic carbocycles. The minimum atomic E-state index is -0.507. The van der Waals surface area contributed by atoms with Crippen LogP contribution in [0.5, 0.6) is 0 Å². The molecule has 1 rings (SSSR count). The summed E-state index contributed by atoms with van der Waals surface area (Å²) in [6.45, 7) is 6.04. The van der Waals surface area contributed by atoms with Crippen molar-refractivity contribution >= 4 is 39.7 Å². The van der Waals surface area contributed by atoms with Gasteiger partial charge >= 0.3 is 5.00 Å². The second kappa shape index (κ2) is 4.04. The minimum Gasteiger partial charge on any atom is -0.257 e. The predicted molar refractivity (Wildman–Crippen MR) is 59.4 cm³/mol. The third-order valence-electron chi connectivity index (χ3n) is 1.11. The fourth-order valence-corrected chi connectivity index (χ4v) is 3.38. The number of nitrogens with zero attached hydrogens (tertiary/aromatic N) is 2. The summed E-state index contributed by atoms with van der Waals surface area (Å²) in [4.78, 5) is 13.9. The Kier molecular flexibility index (Phi) is 3.39. The molecule has 7 heteroatoms. The fraction of sp³-hybridized carbons (Fsp3) is 0.571. The molecule has 78 valence electrons. The summed E-state index contributed by atoms with van der Waals surface area (Å²) in [5.41, 5.74) is 0. The maximum atomic E-state index is 10.5. The third-order valence-corrected chi connectivity index (χ3v) is 3.66. The van der Waals surface area contributed by atoms with Gasteiger partial charge in [-0.15, -0.1) is 0 Å². The van der Waals surface area contributed by atoms with Crippen LogP contribution in [-0.2, 0) is 0 Å². The summed E-state index contributed by atoms with van der Waals surface area (Å²) in [5, 5.41) is 10.4. The number of aromatic nitrogens is 1. The molecule has 0 aliphatic carbocycles. The zero-order chi connectivity index (χ0) is 10.9. The Labute approximate surface area is 94.8 Å². The van der Waals surface area contributed by atoms with Crippen LogP contribution in [0.1, 0.15) is 20.8 Å². The Balaban J connectivity index is 2.92. The Hall–Kier alpha value is -0.330. The van der Waals surface area contributed by atoms with Gasteiger partial charge in [-0.25, -0.2) is 4.98 Å². The van der Waals surface area contributed by atoms with Crippen molar-refractivity contribution in [3.63, 3.8) is 0 Å². The molecule has 0 amide bonds. The summed E-state index contributed by atoms with van der Waals surface area (Å²) in [6.07, 6.45) is 0. The van der Waals surface area contributed by atoms with E-state index in [0.29, 0.717) is 4.34 Å². The smallest absolute Gasteiger partial charge is 0.257 e. The lowest BCUT2D eigenvalue weighted by Gasteiger charge is -2.14. The quantitative estimate of drug-likeness (QED) is 0.458. The molecule has 0 bridgehead atoms. The van der Waals surface area contributed by atoms with Crippen molar-refractivity contribution < 1.29 is 4.92 Å². The molecule has 14 heavy (non-hydrogen) atoms. The molecule has 0 radical (unpaired) electrons. The average Bonchev–Trinajstić information content (AvgIpc) is 2.26. The lowest BCUT2D eigenvalue weighted by molar-refractivity contribution is -0.380. The molecule has 0 saturated heterocycles. The van der Waals surface area contributed by atoms with Gasteiger partial charge in [-0.3, -0.25) is 10.1 Å². The molecular weight excluding hydrogens is 244 g/mol. The Morgan fingerprint density at radius 3 is 2.50 bits per heavy atom. The first-order valence-corrected chi connectivity index (χ1v) is 5.80. The molecule has 0 fully saturated rings. The van der Waals surface area contributed by atoms with E-state index in [0.717, 1.165) is 11.3 Å². The standard InChI is InChI=1S/C7H9ClN2O2S2/c1-7(2,3)14-6-9-4(8)5(13-6)10(11)12/h1-3H3. The molecule has 1 aromatic heterocycles. The van der Waals surface area contributed by atoms with E-state index in [1.807, 2.05) is 20.8 Å². The largest absolute Gasteiger partial charge is 0.363 e. The van der Waals surface area contributed by atoms with Crippen LogP contribution in [0.25, 0.3) is 0 Å². The van der Waals surface area contributed by atoms with Gasteiger partial charge in [-0.1, -0.05) is 44.1 Å². The predicted octanol–water partition coefficient (Wildman–Crippen LogP) is 3.60. The lowest BCUT2D eigenvalue weighted by atomic mass is 10.3. The number of halogens is 1. The normalized spacial score (nSPS) is 11.7. The topological polar surface area (TPSA) is 56.0 Å². The molecular formula is C7H9ClN2O2S2. The SMILES string of the molecule is CC(C)(C)Sc1nc(Cl)c([N+](=O)[O-])s1. The summed E-state index contributed by atoms with van der Waals surface area (Å²) in [5.74, 6) is 0. The first-order chi connectivity index (χ1) is 6.29. The van der Waals surface area contributed by atoms with Crippen molar-refractivity contribution in [3.8, 4) is 0 Å². The third kappa shape index (κ3) is 3.11. The highest BCUT2D eigenvalue weighted by atomic mass is 35.5. The summed E-state index contributed by atoms with van der Waals surface area (Å²) >= 11 is 8.10. The molecule has 0 N–H and O–H groups in total. The van der Waals surface area contributed by atoms with Gasteiger partial charge in [0.25, 0.3) is 0 Å². The molecule has 0 spiro atoms. The summed E-state index contributed by atoms with van der Waals surface area (Å²) in [7, 11) is 0. The number of thiazole rings is 1. The van der Waals surface area contributed by atoms with Crippen LogP contribution < -0.4 is 0 Å². The van der Waals surface area contributed by atoms with E-state index in [1.165, 1.54) is 11.8 Å². The van der Waals surface area contributed by atoms with Crippen LogP contribution in [-0.4, -0.2) is 14.7 Å². The summed E-state index contributed by atoms with van der Waals surface area (Å²) in [6, 6.07) is 0. The van der Waals surface area contributed by atoms with Crippen LogP contribution in [0.2, 0.25) is 5.15 Å². The molecule has 0 aliphatic heterocycles. The van der Waals surface area contributed by atoms with Crippen molar-refractivity contribution in [1.29, 1.82) is 0 Å². The highest BCUT2D eigenvalue weighted by Crippen LogP contribution is 2.40. The first kappa shape index (κ1) is 11.7. The number of rotatable bonds is 2. The maximum absolute atomic E-state index is 10.5. The van der Waals surface area contributed by atoms with Crippen LogP contribution in [0.3, 0.4) is 0 Å². The number of nitro groups is 1. The average molecular weight is 253 g/mol. The van der Waals surface area contributed by atoms with E-state index >= 15 is 0 Å². The van der Waals surface area contributed by atoms with Gasteiger partial charge < -0.3 is 0 Å². The van der Waals surface area contributed by atoms with Crippen LogP contribution in [0.15, 0.2) is 4.34 Å². The Morgan fingerprint density at radius 1 is 1.57 bits per heavy atom. The van der Waals surface area contributed by atoms with E-state index < -0.39 is 4.92 Å². The Bertz CT molecular complexity index is 359. The minimum absolute atomic E-state index is 0.0188. The van der Waals surface area contributed by atoms with Gasteiger partial charge in [-0.2, -0.15) is 0 Å². The number of hydrogen-bond donors (Lipinski definition) is 0. The lowest BCUT2D eigenvalue weighted by Crippen LogP contribution is -2.06. The molecule has 0 aliphatic rings. The van der Waals surface area contributed by atoms with Crippen LogP contribution in [0, 0.1) is 10.1 Å². The van der Waals surface area contributed by atoms with Gasteiger partial charge in [0.2, 0.25) is 5.15 Å². The zero-order valence-electron chi connectivity index (χ0n) is 7.91. The van der Waals surface area contributed by atoms with E-state index in [1.54, 1.807) is 0 Å². The molecule has 0 saturated carbocycles. The number of hydrogen-bond acceptors (Lipinski definition) is 5. The van der Waals surface area contributed by atoms with Gasteiger partial charge in [0.1, 0.15) is 0 Å². The van der Waals surface area contributed by atoms with E-state index in [2.05, 4.69) is 4.98 Å². The Morgan fingerprint density at radius 2 is 2.14 bits per heavy atom. The van der Waals surface area contributed by atoms with E-state index in [4.69, 9.17) is 11.6 Å². The van der Waals surface area contributed by atoms with Gasteiger partial charge in [-0.05, 0) is 11.3 Å². The second-order valence-electron chi connectivity index (χ2n) is 3.55. The molecule has 0 unspecified atom stereocenters. The zero-order valence-corrected chi connectivity index (χ0v) is 10.3. The van der Waals surface area contributed by atoms with Crippen molar-refractivity contribution in [3.05, 3.63) is 15.3 Å². The fourth-order valence-electron chi connectivity index (χ4n) is 0.694. The van der Waals surface area contributed by atoms with Crippen LogP contribution >= 0.6 is 34.7 Å². The first-order valence-electron chi connectivity index (χ1n) is 3.79. The maximum Gasteiger partial charge on any atom is 0.363 e. The monoisotopic (exact) mass is 252 g/mol. The highest BCUT2D eigenvalue weighted by Gasteiger charge is 2.23. The van der Waals surface area contributed by atoms with Crippen molar-refractivity contribution in [2.45, 2.75) is 29.9 Å². The van der Waals surface area contributed by atoms with Gasteiger partial charge in [0.15, 0.2) is 4.34 Å². The second-order valence-corrected chi connectivity index (χ2v) is 6.96. The highest BCUT2D eigenvalue weighted by molar-refractivity contribution is 8.02.